The Morgan fingerprint density at radius 1 is 1.17 bits per heavy atom. The SMILES string of the molecule is C=S(=C)(CC1CCC([C@H](N)C(=O)N(C)C2CCC2)CC1)C1=CC=C(C(N)=O)CC1C. The maximum absolute atomic E-state index is 12.7. The molecule has 3 rings (SSSR count). The molecule has 168 valence electrons. The predicted molar refractivity (Wildman–Crippen MR) is 130 cm³/mol. The topological polar surface area (TPSA) is 89.4 Å². The Hall–Kier alpha value is -1.53. The Kier molecular flexibility index (Phi) is 7.18. The van der Waals surface area contributed by atoms with E-state index in [0.29, 0.717) is 24.0 Å². The highest BCUT2D eigenvalue weighted by Gasteiger charge is 2.35. The van der Waals surface area contributed by atoms with Crippen LogP contribution in [0.3, 0.4) is 0 Å². The van der Waals surface area contributed by atoms with Gasteiger partial charge >= 0.3 is 0 Å². The molecule has 5 nitrogen and oxygen atoms in total. The minimum absolute atomic E-state index is 0.121. The van der Waals surface area contributed by atoms with Crippen LogP contribution in [0, 0.1) is 17.8 Å². The summed E-state index contributed by atoms with van der Waals surface area (Å²) in [4.78, 5) is 27.4. The van der Waals surface area contributed by atoms with Crippen molar-refractivity contribution in [2.75, 3.05) is 12.8 Å². The van der Waals surface area contributed by atoms with Gasteiger partial charge in [0.2, 0.25) is 11.8 Å². The zero-order valence-electron chi connectivity index (χ0n) is 18.6. The number of hydrogen-bond acceptors (Lipinski definition) is 3. The van der Waals surface area contributed by atoms with Gasteiger partial charge in [-0.3, -0.25) is 9.59 Å². The lowest BCUT2D eigenvalue weighted by molar-refractivity contribution is -0.136. The van der Waals surface area contributed by atoms with Gasteiger partial charge in [0, 0.05) is 18.7 Å². The summed E-state index contributed by atoms with van der Waals surface area (Å²) in [5.41, 5.74) is 12.5. The van der Waals surface area contributed by atoms with E-state index in [-0.39, 0.29) is 29.7 Å². The number of nitrogens with two attached hydrogens (primary N) is 2. The number of nitrogens with zero attached hydrogens (tertiary/aromatic N) is 1. The number of likely N-dealkylation sites (N-methyl/N-ethyl adjacent to an activating group) is 1. The maximum Gasteiger partial charge on any atom is 0.244 e. The monoisotopic (exact) mass is 433 g/mol. The van der Waals surface area contributed by atoms with E-state index in [1.54, 1.807) is 0 Å². The van der Waals surface area contributed by atoms with Gasteiger partial charge in [-0.15, -0.1) is 0 Å². The number of carbonyl (C=O) groups excluding carboxylic acids is 2. The summed E-state index contributed by atoms with van der Waals surface area (Å²) in [6, 6.07) is 0.0305. The molecule has 0 aromatic rings. The van der Waals surface area contributed by atoms with Crippen LogP contribution >= 0.6 is 9.21 Å². The van der Waals surface area contributed by atoms with Crippen molar-refractivity contribution in [3.05, 3.63) is 22.6 Å². The summed E-state index contributed by atoms with van der Waals surface area (Å²) in [5, 5.41) is 0. The first-order valence-electron chi connectivity index (χ1n) is 11.3. The third-order valence-corrected chi connectivity index (χ3v) is 10.1. The van der Waals surface area contributed by atoms with Crippen molar-refractivity contribution in [3.63, 3.8) is 0 Å². The molecular formula is C24H39N3O2S. The number of hydrogen-bond donors (Lipinski definition) is 2. The highest BCUT2D eigenvalue weighted by Crippen LogP contribution is 2.45. The molecule has 3 aliphatic rings. The van der Waals surface area contributed by atoms with Crippen LogP contribution in [0.5, 0.6) is 0 Å². The number of amides is 2. The molecule has 0 spiro atoms. The fourth-order valence-corrected chi connectivity index (χ4v) is 7.97. The predicted octanol–water partition coefficient (Wildman–Crippen LogP) is 3.14. The van der Waals surface area contributed by atoms with E-state index in [2.05, 4.69) is 18.7 Å². The molecule has 0 bridgehead atoms. The third kappa shape index (κ3) is 5.02. The van der Waals surface area contributed by atoms with E-state index in [9.17, 15) is 9.59 Å². The van der Waals surface area contributed by atoms with Crippen LogP contribution < -0.4 is 11.5 Å². The molecule has 1 unspecified atom stereocenters. The van der Waals surface area contributed by atoms with Crippen LogP contribution in [0.2, 0.25) is 0 Å². The maximum atomic E-state index is 12.7. The van der Waals surface area contributed by atoms with Gasteiger partial charge in [0.25, 0.3) is 0 Å². The van der Waals surface area contributed by atoms with Crippen LogP contribution in [0.4, 0.5) is 0 Å². The fraction of sp³-hybridized carbons (Fsp3) is 0.667. The molecule has 0 radical (unpaired) electrons. The molecule has 6 heteroatoms. The second-order valence-electron chi connectivity index (χ2n) is 9.78. The highest BCUT2D eigenvalue weighted by atomic mass is 32.2. The van der Waals surface area contributed by atoms with Gasteiger partial charge in [-0.1, -0.05) is 30.8 Å². The average molecular weight is 434 g/mol. The molecule has 0 heterocycles. The lowest BCUT2D eigenvalue weighted by Crippen LogP contribution is -2.52. The minimum Gasteiger partial charge on any atom is -0.366 e. The van der Waals surface area contributed by atoms with Crippen molar-refractivity contribution in [3.8, 4) is 0 Å². The summed E-state index contributed by atoms with van der Waals surface area (Å²) in [6.45, 7) is 2.14. The standard InChI is InChI=1S/C24H39N3O2S/c1-16-14-19(23(26)28)12-13-21(16)30(3,4)15-17-8-10-18(11-9-17)22(25)24(29)27(2)20-6-5-7-20/h12-13,16-18,20,22H,3-11,14-15,25H2,1-2H3,(H2,26,28)/t16?,17?,18?,22-/m0/s1. The zero-order chi connectivity index (χ0) is 22.1. The Morgan fingerprint density at radius 3 is 2.30 bits per heavy atom. The van der Waals surface area contributed by atoms with Crippen LogP contribution in [-0.4, -0.2) is 53.3 Å². The summed E-state index contributed by atoms with van der Waals surface area (Å²) in [5.74, 6) is 10.9. The van der Waals surface area contributed by atoms with E-state index >= 15 is 0 Å². The summed E-state index contributed by atoms with van der Waals surface area (Å²) >= 11 is 0. The van der Waals surface area contributed by atoms with Gasteiger partial charge in [-0.05, 0) is 79.8 Å². The third-order valence-electron chi connectivity index (χ3n) is 7.49. The normalized spacial score (nSPS) is 28.7. The zero-order valence-corrected chi connectivity index (χ0v) is 19.5. The van der Waals surface area contributed by atoms with E-state index in [1.165, 1.54) is 11.3 Å². The molecule has 0 aliphatic heterocycles. The van der Waals surface area contributed by atoms with Gasteiger partial charge < -0.3 is 16.4 Å². The Bertz CT molecular complexity index is 831. The van der Waals surface area contributed by atoms with Gasteiger partial charge in [-0.25, -0.2) is 0 Å². The van der Waals surface area contributed by atoms with Crippen molar-refractivity contribution < 1.29 is 9.59 Å². The molecule has 2 fully saturated rings. The fourth-order valence-electron chi connectivity index (χ4n) is 5.25. The van der Waals surface area contributed by atoms with E-state index in [0.717, 1.165) is 44.3 Å². The van der Waals surface area contributed by atoms with Crippen molar-refractivity contribution in [2.45, 2.75) is 70.4 Å². The Labute approximate surface area is 182 Å². The summed E-state index contributed by atoms with van der Waals surface area (Å²) < 4.78 is 0. The minimum atomic E-state index is -1.40. The second kappa shape index (κ2) is 9.31. The highest BCUT2D eigenvalue weighted by molar-refractivity contribution is 8.30. The summed E-state index contributed by atoms with van der Waals surface area (Å²) in [6.07, 6.45) is 12.2. The molecule has 2 atom stereocenters. The van der Waals surface area contributed by atoms with E-state index in [4.69, 9.17) is 11.5 Å². The summed E-state index contributed by atoms with van der Waals surface area (Å²) in [7, 11) is 0.517. The number of carbonyl (C=O) groups is 2. The molecular weight excluding hydrogens is 394 g/mol. The van der Waals surface area contributed by atoms with Gasteiger partial charge in [0.15, 0.2) is 0 Å². The van der Waals surface area contributed by atoms with Gasteiger partial charge in [0.05, 0.1) is 6.04 Å². The van der Waals surface area contributed by atoms with Crippen LogP contribution in [0.15, 0.2) is 22.6 Å². The van der Waals surface area contributed by atoms with Crippen LogP contribution in [-0.2, 0) is 9.59 Å². The first kappa shape index (κ1) is 23.1. The molecule has 3 aliphatic carbocycles. The van der Waals surface area contributed by atoms with Crippen molar-refractivity contribution in [2.24, 2.45) is 29.2 Å². The van der Waals surface area contributed by atoms with Crippen molar-refractivity contribution in [1.82, 2.24) is 4.90 Å². The first-order valence-corrected chi connectivity index (χ1v) is 13.4. The smallest absolute Gasteiger partial charge is 0.244 e. The average Bonchev–Trinajstić information content (AvgIpc) is 2.65. The van der Waals surface area contributed by atoms with Crippen molar-refractivity contribution >= 4 is 32.8 Å². The number of primary amides is 1. The molecule has 2 saturated carbocycles. The second-order valence-corrected chi connectivity index (χ2v) is 12.7. The van der Waals surface area contributed by atoms with Gasteiger partial charge in [0.1, 0.15) is 0 Å². The van der Waals surface area contributed by atoms with E-state index < -0.39 is 9.21 Å². The first-order chi connectivity index (χ1) is 14.1. The molecule has 0 saturated heterocycles. The number of rotatable bonds is 7. The molecule has 0 aromatic carbocycles. The van der Waals surface area contributed by atoms with Crippen LogP contribution in [0.1, 0.15) is 58.3 Å². The quantitative estimate of drug-likeness (QED) is 0.605. The van der Waals surface area contributed by atoms with E-state index in [1.807, 2.05) is 24.1 Å². The molecule has 4 N–H and O–H groups in total. The molecule has 30 heavy (non-hydrogen) atoms. The van der Waals surface area contributed by atoms with Crippen molar-refractivity contribution in [1.29, 1.82) is 0 Å². The lowest BCUT2D eigenvalue weighted by Gasteiger charge is -2.39. The Balaban J connectivity index is 1.55. The van der Waals surface area contributed by atoms with Crippen LogP contribution in [0.25, 0.3) is 0 Å². The molecule has 0 aromatic heterocycles. The largest absolute Gasteiger partial charge is 0.366 e. The molecule has 2 amide bonds. The Morgan fingerprint density at radius 2 is 1.80 bits per heavy atom. The number of allylic oxidation sites excluding steroid dienone is 3. The lowest BCUT2D eigenvalue weighted by atomic mass is 9.78. The van der Waals surface area contributed by atoms with Gasteiger partial charge in [-0.2, -0.15) is 9.21 Å².